The molecule has 0 spiro atoms. The standard InChI is InChI=1S/C12H22N2S2/c1-5-6-13-12-14-7-11(16-12)8-15-10(4)9(2)3/h7,9-10H,5-6,8H2,1-4H3,(H,13,14). The first kappa shape index (κ1) is 13.8. The van der Waals surface area contributed by atoms with Crippen LogP contribution in [0.5, 0.6) is 0 Å². The summed E-state index contributed by atoms with van der Waals surface area (Å²) in [4.78, 5) is 5.74. The number of thioether (sulfide) groups is 1. The van der Waals surface area contributed by atoms with Crippen molar-refractivity contribution < 1.29 is 0 Å². The summed E-state index contributed by atoms with van der Waals surface area (Å²) in [7, 11) is 0. The lowest BCUT2D eigenvalue weighted by molar-refractivity contribution is 0.642. The van der Waals surface area contributed by atoms with E-state index in [1.807, 2.05) is 18.0 Å². The van der Waals surface area contributed by atoms with Gasteiger partial charge in [0.25, 0.3) is 0 Å². The smallest absolute Gasteiger partial charge is 0.182 e. The van der Waals surface area contributed by atoms with Crippen LogP contribution in [-0.2, 0) is 5.75 Å². The zero-order valence-electron chi connectivity index (χ0n) is 10.6. The molecule has 1 aromatic heterocycles. The Labute approximate surface area is 107 Å². The minimum absolute atomic E-state index is 0.717. The number of hydrogen-bond acceptors (Lipinski definition) is 4. The fraction of sp³-hybridized carbons (Fsp3) is 0.750. The third-order valence-corrected chi connectivity index (χ3v) is 5.19. The number of hydrogen-bond donors (Lipinski definition) is 1. The molecule has 92 valence electrons. The van der Waals surface area contributed by atoms with Gasteiger partial charge < -0.3 is 5.32 Å². The van der Waals surface area contributed by atoms with Gasteiger partial charge in [-0.15, -0.1) is 11.3 Å². The van der Waals surface area contributed by atoms with Gasteiger partial charge in [0.1, 0.15) is 0 Å². The van der Waals surface area contributed by atoms with Crippen LogP contribution in [0.3, 0.4) is 0 Å². The van der Waals surface area contributed by atoms with Crippen LogP contribution in [-0.4, -0.2) is 16.8 Å². The van der Waals surface area contributed by atoms with Crippen molar-refractivity contribution in [2.24, 2.45) is 5.92 Å². The van der Waals surface area contributed by atoms with Crippen LogP contribution >= 0.6 is 23.1 Å². The van der Waals surface area contributed by atoms with Crippen molar-refractivity contribution in [3.8, 4) is 0 Å². The zero-order chi connectivity index (χ0) is 12.0. The van der Waals surface area contributed by atoms with Gasteiger partial charge in [-0.25, -0.2) is 4.98 Å². The second-order valence-corrected chi connectivity index (χ2v) is 6.80. The van der Waals surface area contributed by atoms with Gasteiger partial charge in [0.2, 0.25) is 0 Å². The zero-order valence-corrected chi connectivity index (χ0v) is 12.3. The molecule has 0 aliphatic carbocycles. The number of anilines is 1. The second-order valence-electron chi connectivity index (χ2n) is 4.32. The molecule has 4 heteroatoms. The molecule has 1 rings (SSSR count). The Morgan fingerprint density at radius 1 is 1.44 bits per heavy atom. The van der Waals surface area contributed by atoms with Gasteiger partial charge in [0.05, 0.1) is 0 Å². The minimum atomic E-state index is 0.717. The first-order valence-electron chi connectivity index (χ1n) is 5.93. The van der Waals surface area contributed by atoms with E-state index in [0.717, 1.165) is 29.8 Å². The maximum absolute atomic E-state index is 4.37. The number of nitrogens with one attached hydrogen (secondary N) is 1. The largest absolute Gasteiger partial charge is 0.362 e. The fourth-order valence-corrected chi connectivity index (χ4v) is 3.05. The van der Waals surface area contributed by atoms with Gasteiger partial charge in [-0.1, -0.05) is 27.7 Å². The predicted molar refractivity (Wildman–Crippen MR) is 76.5 cm³/mol. The Balaban J connectivity index is 2.34. The van der Waals surface area contributed by atoms with Crippen LogP contribution in [0.4, 0.5) is 5.13 Å². The van der Waals surface area contributed by atoms with Crippen LogP contribution in [0.2, 0.25) is 0 Å². The molecule has 1 atom stereocenters. The molecule has 0 amide bonds. The molecule has 0 saturated carbocycles. The first-order chi connectivity index (χ1) is 7.63. The van der Waals surface area contributed by atoms with E-state index >= 15 is 0 Å². The van der Waals surface area contributed by atoms with Crippen molar-refractivity contribution in [3.63, 3.8) is 0 Å². The molecule has 0 fully saturated rings. The normalized spacial score (nSPS) is 13.1. The topological polar surface area (TPSA) is 24.9 Å². The quantitative estimate of drug-likeness (QED) is 0.791. The summed E-state index contributed by atoms with van der Waals surface area (Å²) in [6.07, 6.45) is 3.15. The predicted octanol–water partition coefficient (Wildman–Crippen LogP) is 4.24. The minimum Gasteiger partial charge on any atom is -0.362 e. The molecule has 0 saturated heterocycles. The molecule has 0 aliphatic heterocycles. The summed E-state index contributed by atoms with van der Waals surface area (Å²) in [5, 5.41) is 5.10. The highest BCUT2D eigenvalue weighted by Crippen LogP contribution is 2.27. The van der Waals surface area contributed by atoms with E-state index in [0.29, 0.717) is 5.25 Å². The van der Waals surface area contributed by atoms with Crippen LogP contribution in [0, 0.1) is 5.92 Å². The van der Waals surface area contributed by atoms with Crippen LogP contribution in [0.15, 0.2) is 6.20 Å². The lowest BCUT2D eigenvalue weighted by Crippen LogP contribution is -2.05. The molecule has 0 radical (unpaired) electrons. The van der Waals surface area contributed by atoms with Crippen molar-refractivity contribution in [1.82, 2.24) is 4.98 Å². The third-order valence-electron chi connectivity index (χ3n) is 2.51. The lowest BCUT2D eigenvalue weighted by Gasteiger charge is -2.13. The van der Waals surface area contributed by atoms with E-state index in [1.165, 1.54) is 4.88 Å². The Morgan fingerprint density at radius 3 is 2.81 bits per heavy atom. The molecule has 0 aliphatic rings. The van der Waals surface area contributed by atoms with Crippen LogP contribution in [0.1, 0.15) is 39.0 Å². The number of thiazole rings is 1. The average Bonchev–Trinajstić information content (AvgIpc) is 2.70. The van der Waals surface area contributed by atoms with Crippen molar-refractivity contribution in [2.45, 2.75) is 45.1 Å². The monoisotopic (exact) mass is 258 g/mol. The summed E-state index contributed by atoms with van der Waals surface area (Å²) >= 11 is 3.80. The van der Waals surface area contributed by atoms with Gasteiger partial charge in [-0.3, -0.25) is 0 Å². The summed E-state index contributed by atoms with van der Waals surface area (Å²) < 4.78 is 0. The van der Waals surface area contributed by atoms with Crippen molar-refractivity contribution in [2.75, 3.05) is 11.9 Å². The molecule has 1 unspecified atom stereocenters. The molecule has 1 aromatic rings. The van der Waals surface area contributed by atoms with Gasteiger partial charge in [0, 0.05) is 28.6 Å². The van der Waals surface area contributed by atoms with Crippen molar-refractivity contribution in [1.29, 1.82) is 0 Å². The summed E-state index contributed by atoms with van der Waals surface area (Å²) in [5.74, 6) is 1.83. The average molecular weight is 258 g/mol. The fourth-order valence-electron chi connectivity index (χ4n) is 1.09. The summed E-state index contributed by atoms with van der Waals surface area (Å²) in [6.45, 7) is 10.0. The van der Waals surface area contributed by atoms with Gasteiger partial charge in [-0.2, -0.15) is 11.8 Å². The van der Waals surface area contributed by atoms with Crippen molar-refractivity contribution >= 4 is 28.2 Å². The molecular formula is C12H22N2S2. The number of aromatic nitrogens is 1. The van der Waals surface area contributed by atoms with E-state index in [1.54, 1.807) is 11.3 Å². The third kappa shape index (κ3) is 4.74. The van der Waals surface area contributed by atoms with E-state index in [2.05, 4.69) is 38.0 Å². The van der Waals surface area contributed by atoms with E-state index in [4.69, 9.17) is 0 Å². The molecule has 0 bridgehead atoms. The molecule has 1 N–H and O–H groups in total. The molecule has 1 heterocycles. The second kappa shape index (κ2) is 7.17. The van der Waals surface area contributed by atoms with Gasteiger partial charge in [0.15, 0.2) is 5.13 Å². The van der Waals surface area contributed by atoms with Crippen LogP contribution in [0.25, 0.3) is 0 Å². The SMILES string of the molecule is CCCNc1ncc(CSC(C)C(C)C)s1. The molecule has 2 nitrogen and oxygen atoms in total. The van der Waals surface area contributed by atoms with Crippen molar-refractivity contribution in [3.05, 3.63) is 11.1 Å². The Bertz CT molecular complexity index is 297. The van der Waals surface area contributed by atoms with E-state index < -0.39 is 0 Å². The Morgan fingerprint density at radius 2 is 2.19 bits per heavy atom. The lowest BCUT2D eigenvalue weighted by atomic mass is 10.2. The van der Waals surface area contributed by atoms with E-state index in [-0.39, 0.29) is 0 Å². The highest BCUT2D eigenvalue weighted by molar-refractivity contribution is 7.99. The first-order valence-corrected chi connectivity index (χ1v) is 7.80. The number of rotatable bonds is 7. The highest BCUT2D eigenvalue weighted by Gasteiger charge is 2.09. The summed E-state index contributed by atoms with van der Waals surface area (Å²) in [5.41, 5.74) is 0. The van der Waals surface area contributed by atoms with Gasteiger partial charge in [-0.05, 0) is 12.3 Å². The van der Waals surface area contributed by atoms with Gasteiger partial charge >= 0.3 is 0 Å². The Hall–Kier alpha value is -0.220. The number of nitrogens with zero attached hydrogens (tertiary/aromatic N) is 1. The maximum atomic E-state index is 4.37. The Kier molecular flexibility index (Phi) is 6.21. The van der Waals surface area contributed by atoms with E-state index in [9.17, 15) is 0 Å². The molecule has 16 heavy (non-hydrogen) atoms. The van der Waals surface area contributed by atoms with Crippen LogP contribution < -0.4 is 5.32 Å². The molecular weight excluding hydrogens is 236 g/mol. The maximum Gasteiger partial charge on any atom is 0.182 e. The summed E-state index contributed by atoms with van der Waals surface area (Å²) in [6, 6.07) is 0. The molecule has 0 aromatic carbocycles. The highest BCUT2D eigenvalue weighted by atomic mass is 32.2.